The van der Waals surface area contributed by atoms with Gasteiger partial charge in [0.15, 0.2) is 0 Å². The number of hydrogen-bond acceptors (Lipinski definition) is 4. The molecule has 0 aliphatic carbocycles. The number of hydrogen-bond donors (Lipinski definition) is 2. The lowest BCUT2D eigenvalue weighted by atomic mass is 10.0. The molecule has 0 saturated carbocycles. The molecule has 0 spiro atoms. The molecule has 1 unspecified atom stereocenters. The maximum absolute atomic E-state index is 11.3. The highest BCUT2D eigenvalue weighted by Gasteiger charge is 2.33. The van der Waals surface area contributed by atoms with Gasteiger partial charge in [-0.1, -0.05) is 6.92 Å². The van der Waals surface area contributed by atoms with E-state index in [1.165, 1.54) is 0 Å². The van der Waals surface area contributed by atoms with E-state index in [1.54, 1.807) is 6.92 Å². The van der Waals surface area contributed by atoms with Crippen molar-refractivity contribution >= 4 is 5.97 Å². The second kappa shape index (κ2) is 8.45. The van der Waals surface area contributed by atoms with Crippen molar-refractivity contribution in [3.8, 4) is 0 Å². The topological polar surface area (TPSA) is 55.8 Å². The van der Waals surface area contributed by atoms with E-state index in [9.17, 15) is 9.90 Å². The Hall–Kier alpha value is -0.650. The smallest absolute Gasteiger partial charge is 0.324 e. The van der Waals surface area contributed by atoms with Gasteiger partial charge >= 0.3 is 5.97 Å². The van der Waals surface area contributed by atoms with Crippen LogP contribution in [-0.4, -0.2) is 73.7 Å². The zero-order valence-electron chi connectivity index (χ0n) is 12.5. The summed E-state index contributed by atoms with van der Waals surface area (Å²) < 4.78 is 0. The monoisotopic (exact) mass is 259 g/mol. The van der Waals surface area contributed by atoms with E-state index in [4.69, 9.17) is 0 Å². The molecule has 5 nitrogen and oxygen atoms in total. The number of likely N-dealkylation sites (N-methyl/N-ethyl adjacent to an activating group) is 1. The number of carboxylic acid groups (broad SMARTS) is 1. The van der Waals surface area contributed by atoms with Crippen molar-refractivity contribution in [2.45, 2.75) is 32.2 Å². The third-order valence-electron chi connectivity index (χ3n) is 2.97. The molecule has 0 fully saturated rings. The maximum Gasteiger partial charge on any atom is 0.324 e. The summed E-state index contributed by atoms with van der Waals surface area (Å²) in [6, 6.07) is 0. The second-order valence-corrected chi connectivity index (χ2v) is 5.46. The fraction of sp³-hybridized carbons (Fsp3) is 0.923. The standard InChI is InChI=1S/C13H29N3O2/c1-6-8-14-13(2,12(17)18)11-16(5)10-7-9-15(3)4/h14H,6-11H2,1-5H3,(H,17,18). The molecular weight excluding hydrogens is 230 g/mol. The molecule has 0 radical (unpaired) electrons. The summed E-state index contributed by atoms with van der Waals surface area (Å²) in [4.78, 5) is 15.6. The van der Waals surface area contributed by atoms with Crippen LogP contribution in [0.5, 0.6) is 0 Å². The summed E-state index contributed by atoms with van der Waals surface area (Å²) in [5, 5.41) is 12.4. The third kappa shape index (κ3) is 6.93. The number of nitrogens with zero attached hydrogens (tertiary/aromatic N) is 2. The zero-order chi connectivity index (χ0) is 14.2. The Balaban J connectivity index is 4.18. The van der Waals surface area contributed by atoms with Crippen LogP contribution in [0.3, 0.4) is 0 Å². The van der Waals surface area contributed by atoms with Crippen molar-refractivity contribution in [3.05, 3.63) is 0 Å². The Kier molecular flexibility index (Phi) is 8.15. The van der Waals surface area contributed by atoms with Crippen LogP contribution in [0, 0.1) is 0 Å². The highest BCUT2D eigenvalue weighted by Crippen LogP contribution is 2.07. The molecule has 0 amide bonds. The molecule has 0 aromatic heterocycles. The largest absolute Gasteiger partial charge is 0.480 e. The van der Waals surface area contributed by atoms with Crippen molar-refractivity contribution < 1.29 is 9.90 Å². The van der Waals surface area contributed by atoms with Crippen molar-refractivity contribution in [1.82, 2.24) is 15.1 Å². The van der Waals surface area contributed by atoms with Crippen LogP contribution >= 0.6 is 0 Å². The number of carbonyl (C=O) groups is 1. The van der Waals surface area contributed by atoms with Crippen LogP contribution in [0.4, 0.5) is 0 Å². The zero-order valence-corrected chi connectivity index (χ0v) is 12.5. The lowest BCUT2D eigenvalue weighted by Gasteiger charge is -2.31. The summed E-state index contributed by atoms with van der Waals surface area (Å²) in [6.45, 7) is 6.99. The van der Waals surface area contributed by atoms with Crippen LogP contribution in [0.2, 0.25) is 0 Å². The van der Waals surface area contributed by atoms with Gasteiger partial charge in [-0.05, 0) is 60.5 Å². The van der Waals surface area contributed by atoms with E-state index in [0.29, 0.717) is 6.54 Å². The van der Waals surface area contributed by atoms with E-state index in [0.717, 1.165) is 32.5 Å². The SMILES string of the molecule is CCCNC(C)(CN(C)CCCN(C)C)C(=O)O. The molecule has 0 aliphatic rings. The van der Waals surface area contributed by atoms with Crippen molar-refractivity contribution in [2.75, 3.05) is 47.3 Å². The quantitative estimate of drug-likeness (QED) is 0.605. The average molecular weight is 259 g/mol. The normalized spacial score (nSPS) is 15.1. The first kappa shape index (κ1) is 17.4. The van der Waals surface area contributed by atoms with Gasteiger partial charge in [0.2, 0.25) is 0 Å². The van der Waals surface area contributed by atoms with Crippen LogP contribution in [0.1, 0.15) is 26.7 Å². The molecule has 0 aromatic carbocycles. The molecule has 0 bridgehead atoms. The summed E-state index contributed by atoms with van der Waals surface area (Å²) in [5.41, 5.74) is -0.858. The van der Waals surface area contributed by atoms with Crippen LogP contribution < -0.4 is 5.32 Å². The third-order valence-corrected chi connectivity index (χ3v) is 2.97. The lowest BCUT2D eigenvalue weighted by Crippen LogP contribution is -2.56. The Bertz CT molecular complexity index is 246. The van der Waals surface area contributed by atoms with Gasteiger partial charge in [0.05, 0.1) is 0 Å². The molecule has 5 heteroatoms. The Morgan fingerprint density at radius 3 is 2.33 bits per heavy atom. The number of nitrogens with one attached hydrogen (secondary N) is 1. The van der Waals surface area contributed by atoms with E-state index in [1.807, 2.05) is 28.1 Å². The summed E-state index contributed by atoms with van der Waals surface area (Å²) in [6.07, 6.45) is 1.99. The number of rotatable bonds is 10. The molecule has 2 N–H and O–H groups in total. The first-order chi connectivity index (χ1) is 8.31. The fourth-order valence-corrected chi connectivity index (χ4v) is 1.88. The van der Waals surface area contributed by atoms with Gasteiger partial charge in [0.1, 0.15) is 5.54 Å². The molecule has 0 saturated heterocycles. The summed E-state index contributed by atoms with van der Waals surface area (Å²) >= 11 is 0. The molecule has 108 valence electrons. The van der Waals surface area contributed by atoms with E-state index < -0.39 is 11.5 Å². The van der Waals surface area contributed by atoms with Gasteiger partial charge in [-0.25, -0.2) is 0 Å². The average Bonchev–Trinajstić information content (AvgIpc) is 2.25. The van der Waals surface area contributed by atoms with Gasteiger partial charge in [0.25, 0.3) is 0 Å². The van der Waals surface area contributed by atoms with Crippen LogP contribution in [0.15, 0.2) is 0 Å². The number of aliphatic carboxylic acids is 1. The first-order valence-electron chi connectivity index (χ1n) is 6.63. The molecule has 0 rings (SSSR count). The molecule has 0 heterocycles. The Labute approximate surface area is 111 Å². The lowest BCUT2D eigenvalue weighted by molar-refractivity contribution is -0.144. The van der Waals surface area contributed by atoms with Crippen LogP contribution in [0.25, 0.3) is 0 Å². The van der Waals surface area contributed by atoms with Crippen LogP contribution in [-0.2, 0) is 4.79 Å². The molecule has 0 aromatic rings. The minimum absolute atomic E-state index is 0.524. The minimum Gasteiger partial charge on any atom is -0.480 e. The van der Waals surface area contributed by atoms with Gasteiger partial charge in [-0.2, -0.15) is 0 Å². The van der Waals surface area contributed by atoms with Gasteiger partial charge in [0, 0.05) is 6.54 Å². The summed E-state index contributed by atoms with van der Waals surface area (Å²) in [5.74, 6) is -0.782. The number of carboxylic acids is 1. The van der Waals surface area contributed by atoms with Crippen molar-refractivity contribution in [1.29, 1.82) is 0 Å². The van der Waals surface area contributed by atoms with E-state index >= 15 is 0 Å². The predicted octanol–water partition coefficient (Wildman–Crippen LogP) is 0.713. The second-order valence-electron chi connectivity index (χ2n) is 5.46. The fourth-order valence-electron chi connectivity index (χ4n) is 1.88. The van der Waals surface area contributed by atoms with Gasteiger partial charge in [-0.15, -0.1) is 0 Å². The first-order valence-corrected chi connectivity index (χ1v) is 6.63. The molecule has 0 aliphatic heterocycles. The van der Waals surface area contributed by atoms with E-state index in [-0.39, 0.29) is 0 Å². The van der Waals surface area contributed by atoms with Gasteiger partial charge in [-0.3, -0.25) is 4.79 Å². The Morgan fingerprint density at radius 2 is 1.89 bits per heavy atom. The molecule has 1 atom stereocenters. The van der Waals surface area contributed by atoms with E-state index in [2.05, 4.69) is 15.1 Å². The highest BCUT2D eigenvalue weighted by molar-refractivity contribution is 5.78. The van der Waals surface area contributed by atoms with Crippen molar-refractivity contribution in [3.63, 3.8) is 0 Å². The van der Waals surface area contributed by atoms with Gasteiger partial charge < -0.3 is 20.2 Å². The van der Waals surface area contributed by atoms with Crippen molar-refractivity contribution in [2.24, 2.45) is 0 Å². The molecule has 18 heavy (non-hydrogen) atoms. The summed E-state index contributed by atoms with van der Waals surface area (Å²) in [7, 11) is 6.07. The maximum atomic E-state index is 11.3. The Morgan fingerprint density at radius 1 is 1.28 bits per heavy atom. The molecular formula is C13H29N3O2. The predicted molar refractivity (Wildman–Crippen MR) is 75.0 cm³/mol. The highest BCUT2D eigenvalue weighted by atomic mass is 16.4. The minimum atomic E-state index is -0.858.